The van der Waals surface area contributed by atoms with Gasteiger partial charge in [-0.1, -0.05) is 20.8 Å². The first-order valence-electron chi connectivity index (χ1n) is 7.55. The number of hydrogen-bond acceptors (Lipinski definition) is 1. The van der Waals surface area contributed by atoms with Crippen molar-refractivity contribution in [3.63, 3.8) is 0 Å². The molecule has 16 heavy (non-hydrogen) atoms. The summed E-state index contributed by atoms with van der Waals surface area (Å²) in [7, 11) is 0. The molecular weight excluding hydrogens is 194 g/mol. The Labute approximate surface area is 101 Å². The van der Waals surface area contributed by atoms with Gasteiger partial charge in [-0.3, -0.25) is 0 Å². The Morgan fingerprint density at radius 2 is 1.50 bits per heavy atom. The van der Waals surface area contributed by atoms with Crippen molar-refractivity contribution < 1.29 is 0 Å². The molecule has 0 aromatic rings. The number of likely N-dealkylation sites (tertiary alicyclic amines) is 1. The minimum absolute atomic E-state index is 0.904. The maximum Gasteiger partial charge on any atom is 0.0101 e. The lowest BCUT2D eigenvalue weighted by Crippen LogP contribution is -2.32. The fourth-order valence-corrected chi connectivity index (χ4v) is 5.49. The highest BCUT2D eigenvalue weighted by atomic mass is 15.2. The van der Waals surface area contributed by atoms with E-state index in [9.17, 15) is 0 Å². The molecule has 4 fully saturated rings. The molecule has 92 valence electrons. The zero-order chi connectivity index (χ0) is 11.4. The van der Waals surface area contributed by atoms with Crippen LogP contribution in [0.3, 0.4) is 0 Å². The lowest BCUT2D eigenvalue weighted by Gasteiger charge is -2.27. The van der Waals surface area contributed by atoms with Crippen molar-refractivity contribution in [2.45, 2.75) is 46.6 Å². The first kappa shape index (κ1) is 11.1. The molecule has 1 heteroatoms. The lowest BCUT2D eigenvalue weighted by atomic mass is 9.79. The second-order valence-corrected chi connectivity index (χ2v) is 6.20. The number of nitrogens with zero attached hydrogens (tertiary/aromatic N) is 1. The predicted molar refractivity (Wildman–Crippen MR) is 68.2 cm³/mol. The van der Waals surface area contributed by atoms with Gasteiger partial charge in [-0.05, 0) is 61.8 Å². The van der Waals surface area contributed by atoms with Crippen molar-refractivity contribution in [2.75, 3.05) is 13.1 Å². The Hall–Kier alpha value is -0.0400. The minimum Gasteiger partial charge on any atom is -0.300 e. The Balaban J connectivity index is 0.000000386. The van der Waals surface area contributed by atoms with Gasteiger partial charge >= 0.3 is 0 Å². The van der Waals surface area contributed by atoms with Crippen molar-refractivity contribution in [3.05, 3.63) is 0 Å². The molecule has 0 N–H and O–H groups in total. The fraction of sp³-hybridized carbons (Fsp3) is 1.00. The van der Waals surface area contributed by atoms with Gasteiger partial charge in [0.1, 0.15) is 0 Å². The van der Waals surface area contributed by atoms with Crippen LogP contribution in [0.1, 0.15) is 40.5 Å². The molecule has 2 bridgehead atoms. The van der Waals surface area contributed by atoms with Crippen LogP contribution in [-0.2, 0) is 0 Å². The second kappa shape index (κ2) is 3.73. The van der Waals surface area contributed by atoms with Crippen LogP contribution < -0.4 is 0 Å². The maximum atomic E-state index is 2.74. The third kappa shape index (κ3) is 1.21. The van der Waals surface area contributed by atoms with Gasteiger partial charge in [0.2, 0.25) is 0 Å². The minimum atomic E-state index is 0.904. The van der Waals surface area contributed by atoms with Gasteiger partial charge in [-0.15, -0.1) is 0 Å². The maximum absolute atomic E-state index is 2.74. The average molecular weight is 221 g/mol. The van der Waals surface area contributed by atoms with Crippen LogP contribution in [0.4, 0.5) is 0 Å². The molecule has 0 radical (unpaired) electrons. The third-order valence-corrected chi connectivity index (χ3v) is 6.06. The van der Waals surface area contributed by atoms with E-state index < -0.39 is 0 Å². The summed E-state index contributed by atoms with van der Waals surface area (Å²) < 4.78 is 0. The van der Waals surface area contributed by atoms with Gasteiger partial charge in [-0.2, -0.15) is 0 Å². The Kier molecular flexibility index (Phi) is 2.58. The van der Waals surface area contributed by atoms with E-state index in [0.29, 0.717) is 0 Å². The van der Waals surface area contributed by atoms with E-state index in [4.69, 9.17) is 0 Å². The molecule has 1 saturated heterocycles. The van der Waals surface area contributed by atoms with Crippen molar-refractivity contribution >= 4 is 0 Å². The van der Waals surface area contributed by atoms with E-state index in [1.54, 1.807) is 12.8 Å². The zero-order valence-corrected chi connectivity index (χ0v) is 11.3. The van der Waals surface area contributed by atoms with Crippen LogP contribution in [0.25, 0.3) is 0 Å². The quantitative estimate of drug-likeness (QED) is 0.657. The molecule has 7 unspecified atom stereocenters. The molecule has 0 spiro atoms. The predicted octanol–water partition coefficient (Wildman–Crippen LogP) is 3.25. The van der Waals surface area contributed by atoms with E-state index in [1.807, 2.05) is 13.8 Å². The highest BCUT2D eigenvalue weighted by Crippen LogP contribution is 2.71. The molecule has 0 aromatic heterocycles. The van der Waals surface area contributed by atoms with Gasteiger partial charge < -0.3 is 4.90 Å². The molecule has 0 amide bonds. The van der Waals surface area contributed by atoms with Gasteiger partial charge in [0.15, 0.2) is 0 Å². The van der Waals surface area contributed by atoms with E-state index >= 15 is 0 Å². The lowest BCUT2D eigenvalue weighted by molar-refractivity contribution is 0.206. The highest BCUT2D eigenvalue weighted by molar-refractivity contribution is 5.17. The Bertz CT molecular complexity index is 275. The monoisotopic (exact) mass is 221 g/mol. The summed E-state index contributed by atoms with van der Waals surface area (Å²) in [5.41, 5.74) is 0. The van der Waals surface area contributed by atoms with Crippen LogP contribution in [-0.4, -0.2) is 24.0 Å². The molecule has 4 aliphatic rings. The van der Waals surface area contributed by atoms with Crippen LogP contribution in [0.15, 0.2) is 0 Å². The summed E-state index contributed by atoms with van der Waals surface area (Å²) >= 11 is 0. The average Bonchev–Trinajstić information content (AvgIpc) is 2.79. The van der Waals surface area contributed by atoms with Crippen molar-refractivity contribution in [1.29, 1.82) is 0 Å². The third-order valence-electron chi connectivity index (χ3n) is 6.06. The molecule has 4 rings (SSSR count). The summed E-state index contributed by atoms with van der Waals surface area (Å²) in [4.78, 5) is 2.74. The van der Waals surface area contributed by atoms with Gasteiger partial charge in [0.05, 0.1) is 0 Å². The number of rotatable bonds is 1. The van der Waals surface area contributed by atoms with E-state index in [0.717, 1.165) is 29.7 Å². The van der Waals surface area contributed by atoms with Crippen molar-refractivity contribution in [3.8, 4) is 0 Å². The van der Waals surface area contributed by atoms with Gasteiger partial charge in [-0.25, -0.2) is 0 Å². The molecule has 3 saturated carbocycles. The van der Waals surface area contributed by atoms with Crippen LogP contribution >= 0.6 is 0 Å². The first-order valence-corrected chi connectivity index (χ1v) is 7.55. The molecule has 7 atom stereocenters. The summed E-state index contributed by atoms with van der Waals surface area (Å²) in [6.07, 6.45) is 3.23. The normalized spacial score (nSPS) is 56.6. The zero-order valence-electron chi connectivity index (χ0n) is 11.3. The highest BCUT2D eigenvalue weighted by Gasteiger charge is 2.67. The first-order chi connectivity index (χ1) is 7.81. The summed E-state index contributed by atoms with van der Waals surface area (Å²) in [5, 5.41) is 0. The van der Waals surface area contributed by atoms with Crippen LogP contribution in [0, 0.1) is 35.5 Å². The molecule has 0 aromatic carbocycles. The second-order valence-electron chi connectivity index (χ2n) is 6.20. The summed E-state index contributed by atoms with van der Waals surface area (Å²) in [6, 6.07) is 0.904. The van der Waals surface area contributed by atoms with Gasteiger partial charge in [0.25, 0.3) is 0 Å². The summed E-state index contributed by atoms with van der Waals surface area (Å²) in [5.74, 6) is 6.92. The van der Waals surface area contributed by atoms with Crippen molar-refractivity contribution in [2.24, 2.45) is 35.5 Å². The Morgan fingerprint density at radius 1 is 0.938 bits per heavy atom. The van der Waals surface area contributed by atoms with E-state index in [2.05, 4.69) is 18.7 Å². The molecule has 1 nitrogen and oxygen atoms in total. The van der Waals surface area contributed by atoms with E-state index in [1.165, 1.54) is 24.9 Å². The SMILES string of the molecule is CC.CCN1CC2C3CC(C4CC43)C2C1C. The van der Waals surface area contributed by atoms with E-state index in [-0.39, 0.29) is 0 Å². The Morgan fingerprint density at radius 3 is 2.19 bits per heavy atom. The van der Waals surface area contributed by atoms with Crippen LogP contribution in [0.5, 0.6) is 0 Å². The smallest absolute Gasteiger partial charge is 0.0101 e. The summed E-state index contributed by atoms with van der Waals surface area (Å²) in [6.45, 7) is 11.5. The van der Waals surface area contributed by atoms with Gasteiger partial charge in [0, 0.05) is 12.6 Å². The number of hydrogen-bond donors (Lipinski definition) is 0. The largest absolute Gasteiger partial charge is 0.300 e. The molecule has 1 aliphatic heterocycles. The standard InChI is InChI=1S/C13H21N.C2H6/c1-3-14-6-12-10-5-11(9-4-8(9)10)13(12)7(14)2;1-2/h7-13H,3-6H2,1-2H3;1-2H3. The number of fused-ring (bicyclic) bond motifs is 8. The van der Waals surface area contributed by atoms with Crippen molar-refractivity contribution in [1.82, 2.24) is 4.90 Å². The topological polar surface area (TPSA) is 3.24 Å². The molecular formula is C15H27N. The molecule has 1 heterocycles. The fourth-order valence-electron chi connectivity index (χ4n) is 5.49. The van der Waals surface area contributed by atoms with Crippen LogP contribution in [0.2, 0.25) is 0 Å². The molecule has 3 aliphatic carbocycles.